The van der Waals surface area contributed by atoms with Crippen molar-refractivity contribution in [3.63, 3.8) is 0 Å². The molecule has 3 aromatic heterocycles. The van der Waals surface area contributed by atoms with Crippen molar-refractivity contribution in [2.45, 2.75) is 58.2 Å². The first kappa shape index (κ1) is 30.8. The molecule has 2 N–H and O–H groups in total. The van der Waals surface area contributed by atoms with Crippen LogP contribution in [0.25, 0.3) is 16.6 Å². The second-order valence-corrected chi connectivity index (χ2v) is 11.8. The number of hydrogen-bond acceptors (Lipinski definition) is 8. The summed E-state index contributed by atoms with van der Waals surface area (Å²) in [5.74, 6) is -1.86. The summed E-state index contributed by atoms with van der Waals surface area (Å²) in [6.07, 6.45) is -1.29. The minimum Gasteiger partial charge on any atom is -0.508 e. The van der Waals surface area contributed by atoms with Crippen molar-refractivity contribution in [3.05, 3.63) is 62.4 Å². The van der Waals surface area contributed by atoms with Crippen LogP contribution in [-0.4, -0.2) is 85.9 Å². The van der Waals surface area contributed by atoms with Crippen molar-refractivity contribution in [1.29, 1.82) is 0 Å². The molecule has 0 aromatic carbocycles. The highest BCUT2D eigenvalue weighted by atomic mass is 35.5. The number of nitrogens with zero attached hydrogens (tertiary/aromatic N) is 6. The summed E-state index contributed by atoms with van der Waals surface area (Å²) in [7, 11) is 0. The molecule has 1 saturated heterocycles. The number of fused-ring (bicyclic) bond motifs is 2. The molecule has 1 aliphatic carbocycles. The summed E-state index contributed by atoms with van der Waals surface area (Å²) in [4.78, 5) is 51.2. The largest absolute Gasteiger partial charge is 0.508 e. The number of pyridine rings is 1. The maximum Gasteiger partial charge on any atom is 0.263 e. The third-order valence-electron chi connectivity index (χ3n) is 8.64. The number of nitrogens with one attached hydrogen (secondary N) is 1. The molecule has 11 nitrogen and oxygen atoms in total. The van der Waals surface area contributed by atoms with Crippen LogP contribution in [0.4, 0.5) is 24.7 Å². The Morgan fingerprint density at radius 2 is 2.00 bits per heavy atom. The third-order valence-corrected chi connectivity index (χ3v) is 9.00. The maximum absolute atomic E-state index is 15.3. The lowest BCUT2D eigenvalue weighted by atomic mass is 9.90. The molecule has 3 unspecified atom stereocenters. The number of piperazine rings is 1. The van der Waals surface area contributed by atoms with Crippen molar-refractivity contribution < 1.29 is 27.9 Å². The van der Waals surface area contributed by atoms with Gasteiger partial charge in [-0.2, -0.15) is 4.39 Å². The fourth-order valence-electron chi connectivity index (χ4n) is 6.29. The van der Waals surface area contributed by atoms with Gasteiger partial charge < -0.3 is 19.9 Å². The van der Waals surface area contributed by atoms with Crippen molar-refractivity contribution in [3.8, 4) is 0 Å². The number of allylic oxidation sites excluding steroid dienone is 4. The van der Waals surface area contributed by atoms with Crippen LogP contribution in [0.5, 0.6) is 0 Å². The molecule has 45 heavy (non-hydrogen) atoms. The lowest BCUT2D eigenvalue weighted by Crippen LogP contribution is -2.52. The molecule has 1 fully saturated rings. The van der Waals surface area contributed by atoms with Crippen LogP contribution in [0.15, 0.2) is 34.5 Å². The number of amides is 1. The number of anilines is 2. The highest BCUT2D eigenvalue weighted by molar-refractivity contribution is 6.33. The van der Waals surface area contributed by atoms with Crippen molar-refractivity contribution in [2.24, 2.45) is 0 Å². The van der Waals surface area contributed by atoms with E-state index in [-0.39, 0.29) is 45.2 Å². The number of halogens is 4. The Morgan fingerprint density at radius 3 is 2.71 bits per heavy atom. The van der Waals surface area contributed by atoms with Crippen molar-refractivity contribution >= 4 is 51.9 Å². The van der Waals surface area contributed by atoms with E-state index in [1.165, 1.54) is 21.4 Å². The molecule has 2 aliphatic heterocycles. The number of aryl methyl sites for hydroxylation is 1. The quantitative estimate of drug-likeness (QED) is 0.295. The van der Waals surface area contributed by atoms with Gasteiger partial charge in [0.05, 0.1) is 16.6 Å². The Morgan fingerprint density at radius 1 is 1.22 bits per heavy atom. The molecule has 3 aromatic rings. The van der Waals surface area contributed by atoms with E-state index in [4.69, 9.17) is 11.6 Å². The molecule has 15 heteroatoms. The average molecular weight is 646 g/mol. The zero-order valence-corrected chi connectivity index (χ0v) is 25.3. The molecule has 6 rings (SSSR count). The second-order valence-electron chi connectivity index (χ2n) is 11.4. The molecular weight excluding hydrogens is 615 g/mol. The molecular formula is C30H31ClF3N7O4. The van der Waals surface area contributed by atoms with Gasteiger partial charge in [0.1, 0.15) is 34.6 Å². The number of aliphatic hydroxyl groups is 1. The normalized spacial score (nSPS) is 22.1. The van der Waals surface area contributed by atoms with Gasteiger partial charge in [-0.15, -0.1) is 0 Å². The Labute approximate surface area is 260 Å². The molecule has 1 amide bonds. The van der Waals surface area contributed by atoms with Gasteiger partial charge in [0, 0.05) is 56.5 Å². The fraction of sp³-hybridized carbons (Fsp3) is 0.433. The Bertz CT molecular complexity index is 1840. The number of aldehydes is 1. The van der Waals surface area contributed by atoms with Gasteiger partial charge >= 0.3 is 0 Å². The van der Waals surface area contributed by atoms with Gasteiger partial charge in [-0.3, -0.25) is 23.9 Å². The third kappa shape index (κ3) is 5.39. The van der Waals surface area contributed by atoms with Gasteiger partial charge in [-0.05, 0) is 31.5 Å². The molecule has 3 aliphatic rings. The van der Waals surface area contributed by atoms with E-state index in [1.807, 2.05) is 11.8 Å². The Kier molecular flexibility index (Phi) is 8.20. The van der Waals surface area contributed by atoms with E-state index in [9.17, 15) is 28.3 Å². The Hall–Kier alpha value is -4.17. The van der Waals surface area contributed by atoms with Gasteiger partial charge in [0.15, 0.2) is 18.6 Å². The van der Waals surface area contributed by atoms with E-state index < -0.39 is 47.6 Å². The molecule has 0 spiro atoms. The zero-order valence-electron chi connectivity index (χ0n) is 24.6. The highest BCUT2D eigenvalue weighted by Crippen LogP contribution is 2.37. The summed E-state index contributed by atoms with van der Waals surface area (Å²) < 4.78 is 47.6. The van der Waals surface area contributed by atoms with Gasteiger partial charge in [0.2, 0.25) is 11.9 Å². The first-order valence-corrected chi connectivity index (χ1v) is 15.1. The molecule has 0 radical (unpaired) electrons. The predicted molar refractivity (Wildman–Crippen MR) is 163 cm³/mol. The summed E-state index contributed by atoms with van der Waals surface area (Å²) in [6.45, 7) is 7.01. The molecule has 3 atom stereocenters. The number of aromatic nitrogens is 4. The number of hydrogen-bond donors (Lipinski definition) is 2. The lowest BCUT2D eigenvalue weighted by Gasteiger charge is -2.40. The van der Waals surface area contributed by atoms with Crippen molar-refractivity contribution in [2.75, 3.05) is 36.4 Å². The number of alkyl halides is 2. The Balaban J connectivity index is 1.36. The van der Waals surface area contributed by atoms with E-state index in [0.717, 1.165) is 25.7 Å². The molecule has 5 heterocycles. The van der Waals surface area contributed by atoms with E-state index in [0.29, 0.717) is 37.6 Å². The molecule has 238 valence electrons. The number of rotatable bonds is 7. The summed E-state index contributed by atoms with van der Waals surface area (Å²) >= 11 is 6.21. The van der Waals surface area contributed by atoms with Crippen LogP contribution in [0.1, 0.15) is 31.7 Å². The summed E-state index contributed by atoms with van der Waals surface area (Å²) in [5.41, 5.74) is -1.31. The zero-order chi connectivity index (χ0) is 32.2. The van der Waals surface area contributed by atoms with Crippen LogP contribution < -0.4 is 15.8 Å². The molecule has 0 saturated carbocycles. The SMILES string of the molecule is CCN1CCN(c2cc(NC(=O)Cn3cc(C4=CC(C=O)=C(O)C(F)C4F)c4c(=O)n5c(nc43)CCC5)c(Cl)c(F)n2)C(C)C1. The number of likely N-dealkylation sites (N-methyl/N-ethyl adjacent to an activating group) is 1. The maximum atomic E-state index is 15.3. The van der Waals surface area contributed by atoms with Crippen LogP contribution in [-0.2, 0) is 29.1 Å². The van der Waals surface area contributed by atoms with Crippen LogP contribution >= 0.6 is 11.6 Å². The summed E-state index contributed by atoms with van der Waals surface area (Å²) in [5, 5.41) is 12.1. The van der Waals surface area contributed by atoms with Crippen LogP contribution in [0.3, 0.4) is 0 Å². The van der Waals surface area contributed by atoms with Crippen LogP contribution in [0, 0.1) is 5.95 Å². The summed E-state index contributed by atoms with van der Waals surface area (Å²) in [6, 6.07) is 1.53. The fourth-order valence-corrected chi connectivity index (χ4v) is 6.44. The average Bonchev–Trinajstić information content (AvgIpc) is 3.64. The number of carbonyl (C=O) groups excluding carboxylic acids is 2. The smallest absolute Gasteiger partial charge is 0.263 e. The van der Waals surface area contributed by atoms with E-state index >= 15 is 4.39 Å². The minimum atomic E-state index is -2.53. The molecule has 0 bridgehead atoms. The van der Waals surface area contributed by atoms with E-state index in [2.05, 4.69) is 27.1 Å². The van der Waals surface area contributed by atoms with E-state index in [1.54, 1.807) is 0 Å². The topological polar surface area (TPSA) is 126 Å². The first-order chi connectivity index (χ1) is 21.5. The highest BCUT2D eigenvalue weighted by Gasteiger charge is 2.37. The monoisotopic (exact) mass is 645 g/mol. The first-order valence-electron chi connectivity index (χ1n) is 14.7. The number of carbonyl (C=O) groups is 2. The second kappa shape index (κ2) is 12.0. The van der Waals surface area contributed by atoms with Gasteiger partial charge in [-0.25, -0.2) is 18.7 Å². The van der Waals surface area contributed by atoms with Crippen molar-refractivity contribution in [1.82, 2.24) is 24.0 Å². The van der Waals surface area contributed by atoms with Crippen LogP contribution in [0.2, 0.25) is 5.02 Å². The number of aliphatic hydroxyl groups excluding tert-OH is 1. The predicted octanol–water partition coefficient (Wildman–Crippen LogP) is 3.59. The minimum absolute atomic E-state index is 0.00443. The van der Waals surface area contributed by atoms with Gasteiger partial charge in [-0.1, -0.05) is 18.5 Å². The lowest BCUT2D eigenvalue weighted by molar-refractivity contribution is -0.116. The van der Waals surface area contributed by atoms with Gasteiger partial charge in [0.25, 0.3) is 5.56 Å². The standard InChI is InChI=1S/C30H31ClF3N7O4/c1-3-38-7-8-40(15(2)11-38)21-10-19(24(31)28(34)36-21)35-22(43)13-39-12-18(17-9-16(14-42)27(44)26(33)25(17)32)23-29(39)37-20-5-4-6-41(20)30(23)45/h9-10,12,14-15,25-26,44H,3-8,11,13H2,1-2H3,(H,35,36,43).